The zero-order valence-electron chi connectivity index (χ0n) is 16.1. The first-order valence-corrected chi connectivity index (χ1v) is 20.9. The second kappa shape index (κ2) is 11.3. The van der Waals surface area contributed by atoms with Crippen molar-refractivity contribution in [2.75, 3.05) is 0 Å². The third-order valence-electron chi connectivity index (χ3n) is 4.89. The van der Waals surface area contributed by atoms with Crippen LogP contribution < -0.4 is 0 Å². The topological polar surface area (TPSA) is 0 Å². The molecule has 29 heavy (non-hydrogen) atoms. The molecule has 0 atom stereocenters. The van der Waals surface area contributed by atoms with Gasteiger partial charge in [0.15, 0.2) is 0 Å². The van der Waals surface area contributed by atoms with Crippen molar-refractivity contribution < 1.29 is 0 Å². The Morgan fingerprint density at radius 1 is 0.379 bits per heavy atom. The standard InChI is InChI=1S/2C13H11.S.2Sn/c2*1-3-7-12(8-4-1)11-13-9-5-2-6-10-13;;;/h2*1-11H;;;. The van der Waals surface area contributed by atoms with Gasteiger partial charge in [-0.3, -0.25) is 0 Å². The van der Waals surface area contributed by atoms with E-state index in [0.717, 1.165) is 0 Å². The Labute approximate surface area is 195 Å². The summed E-state index contributed by atoms with van der Waals surface area (Å²) in [5.41, 5.74) is 5.97. The third-order valence-corrected chi connectivity index (χ3v) is 29.0. The Kier molecular flexibility index (Phi) is 8.20. The Morgan fingerprint density at radius 2 is 0.621 bits per heavy atom. The molecule has 0 nitrogen and oxygen atoms in total. The first kappa shape index (κ1) is 21.1. The molecule has 0 spiro atoms. The van der Waals surface area contributed by atoms with Crippen LogP contribution in [0.25, 0.3) is 0 Å². The summed E-state index contributed by atoms with van der Waals surface area (Å²) in [7, 11) is 0. The van der Waals surface area contributed by atoms with Gasteiger partial charge in [-0.2, -0.15) is 0 Å². The summed E-state index contributed by atoms with van der Waals surface area (Å²) >= 11 is -1.33. The fourth-order valence-electron chi connectivity index (χ4n) is 3.39. The van der Waals surface area contributed by atoms with Gasteiger partial charge in [0.1, 0.15) is 0 Å². The van der Waals surface area contributed by atoms with E-state index in [2.05, 4.69) is 127 Å². The minimum atomic E-state index is -0.663. The Hall–Kier alpha value is -1.17. The average Bonchev–Trinajstić information content (AvgIpc) is 2.81. The van der Waals surface area contributed by atoms with Crippen LogP contribution in [0.15, 0.2) is 121 Å². The van der Waals surface area contributed by atoms with Crippen LogP contribution in [0, 0.1) is 0 Å². The molecule has 0 aliphatic heterocycles. The van der Waals surface area contributed by atoms with Crippen molar-refractivity contribution in [1.29, 1.82) is 0 Å². The summed E-state index contributed by atoms with van der Waals surface area (Å²) in [5.74, 6) is 0. The molecule has 0 aromatic heterocycles. The van der Waals surface area contributed by atoms with E-state index < -0.39 is 39.5 Å². The van der Waals surface area contributed by atoms with E-state index in [1.165, 1.54) is 22.3 Å². The number of rotatable bonds is 8. The van der Waals surface area contributed by atoms with E-state index in [-0.39, 0.29) is 0 Å². The van der Waals surface area contributed by atoms with E-state index in [9.17, 15) is 0 Å². The van der Waals surface area contributed by atoms with Crippen LogP contribution >= 0.6 is 6.13 Å². The predicted molar refractivity (Wildman–Crippen MR) is 129 cm³/mol. The molecule has 0 bridgehead atoms. The van der Waals surface area contributed by atoms with Gasteiger partial charge in [0.25, 0.3) is 0 Å². The zero-order valence-corrected chi connectivity index (χ0v) is 22.6. The summed E-state index contributed by atoms with van der Waals surface area (Å²) < 4.78 is 1.25. The maximum atomic E-state index is 2.39. The van der Waals surface area contributed by atoms with Crippen LogP contribution in [-0.4, -0.2) is 39.5 Å². The van der Waals surface area contributed by atoms with Crippen LogP contribution in [0.5, 0.6) is 0 Å². The Balaban J connectivity index is 1.53. The number of benzene rings is 4. The summed E-state index contributed by atoms with van der Waals surface area (Å²) in [6.07, 6.45) is 2.39. The van der Waals surface area contributed by atoms with Crippen molar-refractivity contribution in [3.8, 4) is 0 Å². The van der Waals surface area contributed by atoms with E-state index in [1.807, 2.05) is 0 Å². The molecular formula is C26H22SSn2. The molecule has 0 unspecified atom stereocenters. The number of hydrogen-bond acceptors (Lipinski definition) is 1. The van der Waals surface area contributed by atoms with Gasteiger partial charge in [-0.1, -0.05) is 0 Å². The van der Waals surface area contributed by atoms with E-state index in [1.54, 1.807) is 0 Å². The third kappa shape index (κ3) is 5.93. The van der Waals surface area contributed by atoms with Crippen molar-refractivity contribution in [2.24, 2.45) is 0 Å². The summed E-state index contributed by atoms with van der Waals surface area (Å²) in [6.45, 7) is 0. The van der Waals surface area contributed by atoms with Crippen LogP contribution in [0.3, 0.4) is 0 Å². The molecule has 0 heterocycles. The van der Waals surface area contributed by atoms with Crippen molar-refractivity contribution in [3.63, 3.8) is 0 Å². The average molecular weight is 604 g/mol. The molecule has 4 radical (unpaired) electrons. The molecule has 0 fully saturated rings. The normalized spacial score (nSPS) is 11.1. The molecule has 0 aliphatic carbocycles. The Morgan fingerprint density at radius 3 is 0.862 bits per heavy atom. The van der Waals surface area contributed by atoms with Gasteiger partial charge in [0.2, 0.25) is 0 Å². The molecule has 3 heteroatoms. The molecule has 0 saturated heterocycles. The van der Waals surface area contributed by atoms with Crippen molar-refractivity contribution in [1.82, 2.24) is 0 Å². The zero-order chi connectivity index (χ0) is 19.7. The van der Waals surface area contributed by atoms with Gasteiger partial charge in [-0.05, 0) is 0 Å². The molecule has 0 N–H and O–H groups in total. The van der Waals surface area contributed by atoms with Gasteiger partial charge in [0, 0.05) is 0 Å². The van der Waals surface area contributed by atoms with E-state index in [4.69, 9.17) is 0 Å². The van der Waals surface area contributed by atoms with Gasteiger partial charge < -0.3 is 0 Å². The van der Waals surface area contributed by atoms with Crippen LogP contribution in [-0.2, 0) is 0 Å². The summed E-state index contributed by atoms with van der Waals surface area (Å²) in [4.78, 5) is 0. The van der Waals surface area contributed by atoms with E-state index in [0.29, 0.717) is 7.87 Å². The predicted octanol–water partition coefficient (Wildman–Crippen LogP) is 6.54. The van der Waals surface area contributed by atoms with Crippen LogP contribution in [0.1, 0.15) is 30.1 Å². The van der Waals surface area contributed by atoms with Gasteiger partial charge >= 0.3 is 197 Å². The summed E-state index contributed by atoms with van der Waals surface area (Å²) in [5, 5.41) is 0. The number of hydrogen-bond donors (Lipinski definition) is 0. The van der Waals surface area contributed by atoms with Crippen molar-refractivity contribution in [3.05, 3.63) is 144 Å². The molecule has 4 aromatic rings. The van der Waals surface area contributed by atoms with Gasteiger partial charge in [0.05, 0.1) is 0 Å². The van der Waals surface area contributed by atoms with E-state index >= 15 is 0 Å². The molecule has 0 aliphatic rings. The van der Waals surface area contributed by atoms with Gasteiger partial charge in [-0.25, -0.2) is 0 Å². The second-order valence-corrected chi connectivity index (χ2v) is 28.3. The van der Waals surface area contributed by atoms with Crippen molar-refractivity contribution >= 4 is 45.6 Å². The second-order valence-electron chi connectivity index (χ2n) is 6.85. The monoisotopic (exact) mass is 606 g/mol. The molecule has 4 aromatic carbocycles. The quantitative estimate of drug-likeness (QED) is 0.206. The van der Waals surface area contributed by atoms with Gasteiger partial charge in [-0.15, -0.1) is 0 Å². The molecule has 140 valence electrons. The minimum absolute atomic E-state index is 0.624. The molecule has 0 amide bonds. The maximum absolute atomic E-state index is 2.39. The fraction of sp³-hybridized carbons (Fsp3) is 0.0769. The Bertz CT molecular complexity index is 814. The fourth-order valence-corrected chi connectivity index (χ4v) is 31.1. The van der Waals surface area contributed by atoms with Crippen LogP contribution in [0.4, 0.5) is 0 Å². The van der Waals surface area contributed by atoms with Crippen LogP contribution in [0.2, 0.25) is 0 Å². The molecular weight excluding hydrogens is 582 g/mol. The molecule has 0 saturated carbocycles. The van der Waals surface area contributed by atoms with Crippen molar-refractivity contribution in [2.45, 2.75) is 7.87 Å². The summed E-state index contributed by atoms with van der Waals surface area (Å²) in [6, 6.07) is 44.5. The first-order chi connectivity index (χ1) is 14.4. The molecule has 4 rings (SSSR count). The first-order valence-electron chi connectivity index (χ1n) is 9.78. The SMILES string of the molecule is c1ccc([CH]([Sn][S][Sn][CH](c2ccccc2)c2ccccc2)c2ccccc2)cc1.